The number of hydrogen-bond donors (Lipinski definition) is 1. The van der Waals surface area contributed by atoms with E-state index in [1.165, 1.54) is 26.1 Å². The third kappa shape index (κ3) is 3.73. The van der Waals surface area contributed by atoms with Crippen LogP contribution in [0.3, 0.4) is 0 Å². The minimum absolute atomic E-state index is 0.000895. The summed E-state index contributed by atoms with van der Waals surface area (Å²) in [6, 6.07) is 2.70. The van der Waals surface area contributed by atoms with Crippen LogP contribution in [0.25, 0.3) is 10.8 Å². The molecule has 1 N–H and O–H groups in total. The average Bonchev–Trinajstić information content (AvgIpc) is 3.55. The molecule has 1 saturated carbocycles. The molecule has 1 aliphatic carbocycles. The average molecular weight is 533 g/mol. The van der Waals surface area contributed by atoms with E-state index in [9.17, 15) is 31.5 Å². The smallest absolute Gasteiger partial charge is 0.275 e. The highest BCUT2D eigenvalue weighted by Gasteiger charge is 2.53. The number of nitrogens with one attached hydrogen (secondary N) is 1. The maximum absolute atomic E-state index is 14.6. The SMILES string of the molecule is CC(Nc1nn(C)c(=O)c2c(Br)c(=O)n(C3(C(F)F)CC3)cc12)c1cccc(C(F)F)c1F. The maximum Gasteiger partial charge on any atom is 0.275 e. The van der Waals surface area contributed by atoms with Crippen LogP contribution in [-0.2, 0) is 12.6 Å². The van der Waals surface area contributed by atoms with Crippen molar-refractivity contribution in [3.05, 3.63) is 66.5 Å². The summed E-state index contributed by atoms with van der Waals surface area (Å²) in [5, 5.41) is 6.96. The topological polar surface area (TPSA) is 68.9 Å². The van der Waals surface area contributed by atoms with E-state index in [1.807, 2.05) is 0 Å². The number of anilines is 1. The molecule has 176 valence electrons. The van der Waals surface area contributed by atoms with Gasteiger partial charge in [0.25, 0.3) is 24.0 Å². The van der Waals surface area contributed by atoms with Gasteiger partial charge in [0.2, 0.25) is 0 Å². The Balaban J connectivity index is 1.89. The summed E-state index contributed by atoms with van der Waals surface area (Å²) in [5.74, 6) is -1.09. The maximum atomic E-state index is 14.6. The highest BCUT2D eigenvalue weighted by Crippen LogP contribution is 2.48. The van der Waals surface area contributed by atoms with Gasteiger partial charge in [0.1, 0.15) is 11.4 Å². The van der Waals surface area contributed by atoms with Gasteiger partial charge in [-0.2, -0.15) is 5.10 Å². The van der Waals surface area contributed by atoms with Crippen molar-refractivity contribution < 1.29 is 22.0 Å². The lowest BCUT2D eigenvalue weighted by molar-refractivity contribution is 0.0653. The molecule has 33 heavy (non-hydrogen) atoms. The summed E-state index contributed by atoms with van der Waals surface area (Å²) in [6.07, 6.45) is -4.49. The number of alkyl halides is 4. The molecule has 0 amide bonds. The van der Waals surface area contributed by atoms with Gasteiger partial charge in [-0.05, 0) is 35.7 Å². The summed E-state index contributed by atoms with van der Waals surface area (Å²) in [6.45, 7) is 1.50. The molecule has 0 radical (unpaired) electrons. The zero-order chi connectivity index (χ0) is 24.2. The predicted molar refractivity (Wildman–Crippen MR) is 116 cm³/mol. The molecule has 1 aliphatic rings. The van der Waals surface area contributed by atoms with Crippen molar-refractivity contribution in [2.45, 2.75) is 44.2 Å². The molecule has 1 aromatic carbocycles. The van der Waals surface area contributed by atoms with Crippen LogP contribution in [0.1, 0.15) is 43.4 Å². The van der Waals surface area contributed by atoms with Crippen LogP contribution in [0.4, 0.5) is 27.8 Å². The molecule has 4 rings (SSSR count). The van der Waals surface area contributed by atoms with E-state index >= 15 is 0 Å². The Hall–Kier alpha value is -2.76. The monoisotopic (exact) mass is 532 g/mol. The van der Waals surface area contributed by atoms with Gasteiger partial charge in [-0.3, -0.25) is 9.59 Å². The van der Waals surface area contributed by atoms with Gasteiger partial charge in [-0.1, -0.05) is 18.2 Å². The van der Waals surface area contributed by atoms with E-state index in [0.717, 1.165) is 21.5 Å². The van der Waals surface area contributed by atoms with Gasteiger partial charge in [0, 0.05) is 24.2 Å². The summed E-state index contributed by atoms with van der Waals surface area (Å²) in [5.41, 5.74) is -3.93. The summed E-state index contributed by atoms with van der Waals surface area (Å²) < 4.78 is 69.9. The number of aryl methyl sites for hydroxylation is 1. The highest BCUT2D eigenvalue weighted by atomic mass is 79.9. The third-order valence-corrected chi connectivity index (χ3v) is 6.66. The fourth-order valence-corrected chi connectivity index (χ4v) is 4.44. The molecule has 0 spiro atoms. The Morgan fingerprint density at radius 2 is 1.76 bits per heavy atom. The first-order valence-electron chi connectivity index (χ1n) is 9.93. The lowest BCUT2D eigenvalue weighted by atomic mass is 10.0. The minimum Gasteiger partial charge on any atom is -0.361 e. The van der Waals surface area contributed by atoms with Gasteiger partial charge < -0.3 is 9.88 Å². The molecule has 0 saturated heterocycles. The normalized spacial score (nSPS) is 15.9. The van der Waals surface area contributed by atoms with Crippen molar-refractivity contribution in [1.82, 2.24) is 14.3 Å². The first-order valence-corrected chi connectivity index (χ1v) is 10.7. The van der Waals surface area contributed by atoms with Crippen LogP contribution >= 0.6 is 15.9 Å². The van der Waals surface area contributed by atoms with E-state index in [2.05, 4.69) is 26.3 Å². The largest absolute Gasteiger partial charge is 0.361 e. The van der Waals surface area contributed by atoms with Crippen LogP contribution in [0.5, 0.6) is 0 Å². The van der Waals surface area contributed by atoms with Gasteiger partial charge in [0.05, 0.1) is 21.5 Å². The quantitative estimate of drug-likeness (QED) is 0.460. The summed E-state index contributed by atoms with van der Waals surface area (Å²) >= 11 is 3.08. The summed E-state index contributed by atoms with van der Waals surface area (Å²) in [7, 11) is 1.33. The van der Waals surface area contributed by atoms with Crippen molar-refractivity contribution >= 4 is 32.5 Å². The number of halogens is 6. The third-order valence-electron chi connectivity index (χ3n) is 5.93. The first kappa shape index (κ1) is 23.4. The number of fused-ring (bicyclic) bond motifs is 1. The number of benzene rings is 1. The van der Waals surface area contributed by atoms with Crippen LogP contribution in [-0.4, -0.2) is 20.8 Å². The lowest BCUT2D eigenvalue weighted by Crippen LogP contribution is -2.37. The van der Waals surface area contributed by atoms with Crippen molar-refractivity contribution in [2.24, 2.45) is 7.05 Å². The molecule has 1 fully saturated rings. The van der Waals surface area contributed by atoms with E-state index in [0.29, 0.717) is 0 Å². The van der Waals surface area contributed by atoms with Crippen LogP contribution in [0.15, 0.2) is 38.5 Å². The Bertz CT molecular complexity index is 1370. The Labute approximate surface area is 192 Å². The van der Waals surface area contributed by atoms with Gasteiger partial charge >= 0.3 is 0 Å². The number of aromatic nitrogens is 3. The molecule has 2 aromatic heterocycles. The van der Waals surface area contributed by atoms with E-state index < -0.39 is 46.9 Å². The Morgan fingerprint density at radius 1 is 1.12 bits per heavy atom. The molecule has 0 bridgehead atoms. The van der Waals surface area contributed by atoms with E-state index in [4.69, 9.17) is 0 Å². The number of hydrogen-bond acceptors (Lipinski definition) is 4. The fraction of sp³-hybridized carbons (Fsp3) is 0.381. The van der Waals surface area contributed by atoms with Crippen molar-refractivity contribution in [3.63, 3.8) is 0 Å². The fourth-order valence-electron chi connectivity index (χ4n) is 3.87. The molecule has 12 heteroatoms. The van der Waals surface area contributed by atoms with Crippen molar-refractivity contribution in [1.29, 1.82) is 0 Å². The molecule has 1 atom stereocenters. The summed E-state index contributed by atoms with van der Waals surface area (Å²) in [4.78, 5) is 25.5. The van der Waals surface area contributed by atoms with Crippen molar-refractivity contribution in [2.75, 3.05) is 5.32 Å². The van der Waals surface area contributed by atoms with Gasteiger partial charge in [0.15, 0.2) is 5.82 Å². The predicted octanol–water partition coefficient (Wildman–Crippen LogP) is 4.86. The van der Waals surface area contributed by atoms with Gasteiger partial charge in [-0.15, -0.1) is 0 Å². The lowest BCUT2D eigenvalue weighted by Gasteiger charge is -2.22. The molecular weight excluding hydrogens is 515 g/mol. The molecule has 1 unspecified atom stereocenters. The minimum atomic E-state index is -3.01. The van der Waals surface area contributed by atoms with E-state index in [-0.39, 0.29) is 39.5 Å². The van der Waals surface area contributed by atoms with Crippen molar-refractivity contribution in [3.8, 4) is 0 Å². The molecule has 6 nitrogen and oxygen atoms in total. The van der Waals surface area contributed by atoms with Crippen LogP contribution in [0, 0.1) is 5.82 Å². The number of nitrogens with zero attached hydrogens (tertiary/aromatic N) is 3. The molecule has 3 aromatic rings. The standard InChI is InChI=1S/C21H18BrF5N4O2/c1-9(10-4-3-5-11(15(10)23)16(24)25)28-17-12-8-31(21(6-7-21)20(26)27)19(33)14(22)13(12)18(32)30(2)29-17/h3-5,8-9,16,20H,6-7H2,1-2H3,(H,28,29). The number of pyridine rings is 1. The Morgan fingerprint density at radius 3 is 2.33 bits per heavy atom. The highest BCUT2D eigenvalue weighted by molar-refractivity contribution is 9.10. The molecule has 0 aliphatic heterocycles. The second kappa shape index (κ2) is 8.23. The molecule has 2 heterocycles. The van der Waals surface area contributed by atoms with Crippen LogP contribution in [0.2, 0.25) is 0 Å². The Kier molecular flexibility index (Phi) is 5.83. The van der Waals surface area contributed by atoms with Gasteiger partial charge in [-0.25, -0.2) is 26.6 Å². The first-order chi connectivity index (χ1) is 15.5. The second-order valence-electron chi connectivity index (χ2n) is 8.01. The van der Waals surface area contributed by atoms with E-state index in [1.54, 1.807) is 0 Å². The van der Waals surface area contributed by atoms with Crippen LogP contribution < -0.4 is 16.4 Å². The zero-order valence-electron chi connectivity index (χ0n) is 17.4. The molecular formula is C21H18BrF5N4O2. The number of rotatable bonds is 6. The second-order valence-corrected chi connectivity index (χ2v) is 8.80. The zero-order valence-corrected chi connectivity index (χ0v) is 19.0.